The van der Waals surface area contributed by atoms with Crippen molar-refractivity contribution in [1.29, 1.82) is 0 Å². The Morgan fingerprint density at radius 3 is 2.53 bits per heavy atom. The highest BCUT2D eigenvalue weighted by atomic mass is 19.1. The minimum atomic E-state index is -0.451. The largest absolute Gasteiger partial charge is 0.321 e. The summed E-state index contributed by atoms with van der Waals surface area (Å²) in [6.07, 6.45) is 5.80. The number of carbonyl (C=O) groups excluding carboxylic acids is 1. The zero-order valence-electron chi connectivity index (χ0n) is 10.1. The van der Waals surface area contributed by atoms with Crippen LogP contribution < -0.4 is 5.73 Å². The molecule has 1 fully saturated rings. The average molecular weight is 235 g/mol. The van der Waals surface area contributed by atoms with Crippen LogP contribution in [0.2, 0.25) is 0 Å². The molecular weight excluding hydrogens is 217 g/mol. The van der Waals surface area contributed by atoms with Gasteiger partial charge in [-0.2, -0.15) is 0 Å². The van der Waals surface area contributed by atoms with Gasteiger partial charge in [0, 0.05) is 11.1 Å². The van der Waals surface area contributed by atoms with E-state index in [2.05, 4.69) is 0 Å². The van der Waals surface area contributed by atoms with E-state index in [-0.39, 0.29) is 5.82 Å². The molecule has 1 aromatic rings. The van der Waals surface area contributed by atoms with Crippen molar-refractivity contribution in [3.05, 3.63) is 34.6 Å². The zero-order valence-corrected chi connectivity index (χ0v) is 10.1. The molecule has 1 aliphatic carbocycles. The van der Waals surface area contributed by atoms with Gasteiger partial charge in [0.05, 0.1) is 0 Å². The third-order valence-corrected chi connectivity index (χ3v) is 3.74. The molecule has 17 heavy (non-hydrogen) atoms. The van der Waals surface area contributed by atoms with Crippen molar-refractivity contribution >= 4 is 6.29 Å². The Morgan fingerprint density at radius 2 is 1.94 bits per heavy atom. The summed E-state index contributed by atoms with van der Waals surface area (Å²) in [6.45, 7) is 1.71. The minimum Gasteiger partial charge on any atom is -0.321 e. The second kappa shape index (κ2) is 4.57. The molecule has 0 amide bonds. The number of benzene rings is 1. The van der Waals surface area contributed by atoms with Gasteiger partial charge >= 0.3 is 0 Å². The summed E-state index contributed by atoms with van der Waals surface area (Å²) in [7, 11) is 0. The third-order valence-electron chi connectivity index (χ3n) is 3.74. The van der Waals surface area contributed by atoms with E-state index in [1.54, 1.807) is 13.0 Å². The lowest BCUT2D eigenvalue weighted by molar-refractivity contribution is 0.111. The van der Waals surface area contributed by atoms with Crippen molar-refractivity contribution in [1.82, 2.24) is 0 Å². The Bertz CT molecular complexity index is 436. The number of aryl methyl sites for hydroxylation is 1. The summed E-state index contributed by atoms with van der Waals surface area (Å²) in [5.74, 6) is -0.338. The molecule has 0 spiro atoms. The highest BCUT2D eigenvalue weighted by Gasteiger charge is 2.31. The van der Waals surface area contributed by atoms with Gasteiger partial charge in [-0.15, -0.1) is 0 Å². The number of rotatable bonds is 2. The molecule has 0 bridgehead atoms. The number of carbonyl (C=O) groups is 1. The molecule has 2 N–H and O–H groups in total. The van der Waals surface area contributed by atoms with Gasteiger partial charge in [0.25, 0.3) is 0 Å². The van der Waals surface area contributed by atoms with Crippen molar-refractivity contribution in [2.45, 2.75) is 44.6 Å². The molecule has 3 heteroatoms. The van der Waals surface area contributed by atoms with Gasteiger partial charge in [-0.1, -0.05) is 25.3 Å². The summed E-state index contributed by atoms with van der Waals surface area (Å²) < 4.78 is 13.4. The summed E-state index contributed by atoms with van der Waals surface area (Å²) >= 11 is 0. The second-order valence-electron chi connectivity index (χ2n) is 5.02. The monoisotopic (exact) mass is 235 g/mol. The van der Waals surface area contributed by atoms with Crippen LogP contribution in [0, 0.1) is 12.7 Å². The average Bonchev–Trinajstić information content (AvgIpc) is 2.33. The first kappa shape index (κ1) is 12.2. The summed E-state index contributed by atoms with van der Waals surface area (Å²) in [5, 5.41) is 0. The summed E-state index contributed by atoms with van der Waals surface area (Å²) in [5.41, 5.74) is 7.71. The molecule has 0 saturated heterocycles. The molecule has 0 radical (unpaired) electrons. The Kier molecular flexibility index (Phi) is 3.29. The first-order valence-electron chi connectivity index (χ1n) is 6.11. The third kappa shape index (κ3) is 2.25. The van der Waals surface area contributed by atoms with Crippen LogP contribution in [-0.4, -0.2) is 6.29 Å². The van der Waals surface area contributed by atoms with Gasteiger partial charge in [0.15, 0.2) is 6.29 Å². The SMILES string of the molecule is Cc1cc(C2(N)CCCCC2)c(C=O)cc1F. The number of hydrogen-bond acceptors (Lipinski definition) is 2. The van der Waals surface area contributed by atoms with E-state index in [1.165, 1.54) is 12.5 Å². The van der Waals surface area contributed by atoms with E-state index in [1.807, 2.05) is 0 Å². The number of aldehydes is 1. The molecule has 0 aromatic heterocycles. The fraction of sp³-hybridized carbons (Fsp3) is 0.500. The Hall–Kier alpha value is -1.22. The van der Waals surface area contributed by atoms with Gasteiger partial charge < -0.3 is 5.73 Å². The van der Waals surface area contributed by atoms with Crippen molar-refractivity contribution in [2.24, 2.45) is 5.73 Å². The van der Waals surface area contributed by atoms with Crippen LogP contribution >= 0.6 is 0 Å². The molecule has 1 aromatic carbocycles. The highest BCUT2D eigenvalue weighted by Crippen LogP contribution is 2.36. The van der Waals surface area contributed by atoms with Crippen LogP contribution in [0.5, 0.6) is 0 Å². The lowest BCUT2D eigenvalue weighted by atomic mass is 9.75. The van der Waals surface area contributed by atoms with Gasteiger partial charge in [-0.3, -0.25) is 4.79 Å². The first-order valence-corrected chi connectivity index (χ1v) is 6.11. The Labute approximate surface area is 101 Å². The molecule has 0 heterocycles. The lowest BCUT2D eigenvalue weighted by Crippen LogP contribution is -2.39. The summed E-state index contributed by atoms with van der Waals surface area (Å²) in [6, 6.07) is 3.05. The van der Waals surface area contributed by atoms with Gasteiger partial charge in [-0.25, -0.2) is 4.39 Å². The lowest BCUT2D eigenvalue weighted by Gasteiger charge is -2.35. The highest BCUT2D eigenvalue weighted by molar-refractivity contribution is 5.78. The number of halogens is 1. The maximum Gasteiger partial charge on any atom is 0.150 e. The maximum atomic E-state index is 13.4. The van der Waals surface area contributed by atoms with Crippen LogP contribution in [0.25, 0.3) is 0 Å². The minimum absolute atomic E-state index is 0.338. The van der Waals surface area contributed by atoms with Crippen molar-refractivity contribution < 1.29 is 9.18 Å². The van der Waals surface area contributed by atoms with E-state index in [0.29, 0.717) is 17.4 Å². The first-order chi connectivity index (χ1) is 8.07. The second-order valence-corrected chi connectivity index (χ2v) is 5.02. The number of nitrogens with two attached hydrogens (primary N) is 1. The molecule has 0 atom stereocenters. The Balaban J connectivity index is 2.49. The van der Waals surface area contributed by atoms with E-state index in [9.17, 15) is 9.18 Å². The van der Waals surface area contributed by atoms with Crippen LogP contribution in [0.1, 0.15) is 53.6 Å². The normalized spacial score (nSPS) is 19.0. The van der Waals surface area contributed by atoms with Crippen LogP contribution in [0.3, 0.4) is 0 Å². The zero-order chi connectivity index (χ0) is 12.5. The van der Waals surface area contributed by atoms with E-state index in [0.717, 1.165) is 31.2 Å². The quantitative estimate of drug-likeness (QED) is 0.800. The molecule has 2 rings (SSSR count). The predicted molar refractivity (Wildman–Crippen MR) is 65.5 cm³/mol. The molecular formula is C14H18FNO. The van der Waals surface area contributed by atoms with Gasteiger partial charge in [0.1, 0.15) is 5.82 Å². The van der Waals surface area contributed by atoms with Crippen LogP contribution in [-0.2, 0) is 5.54 Å². The number of hydrogen-bond donors (Lipinski definition) is 1. The topological polar surface area (TPSA) is 43.1 Å². The maximum absolute atomic E-state index is 13.4. The van der Waals surface area contributed by atoms with Crippen LogP contribution in [0.15, 0.2) is 12.1 Å². The molecule has 2 nitrogen and oxygen atoms in total. The summed E-state index contributed by atoms with van der Waals surface area (Å²) in [4.78, 5) is 11.1. The van der Waals surface area contributed by atoms with Crippen molar-refractivity contribution in [2.75, 3.05) is 0 Å². The fourth-order valence-corrected chi connectivity index (χ4v) is 2.68. The van der Waals surface area contributed by atoms with E-state index >= 15 is 0 Å². The molecule has 0 aliphatic heterocycles. The Morgan fingerprint density at radius 1 is 1.29 bits per heavy atom. The van der Waals surface area contributed by atoms with Gasteiger partial charge in [-0.05, 0) is 37.0 Å². The smallest absolute Gasteiger partial charge is 0.150 e. The molecule has 92 valence electrons. The van der Waals surface area contributed by atoms with Crippen LogP contribution in [0.4, 0.5) is 4.39 Å². The van der Waals surface area contributed by atoms with E-state index < -0.39 is 5.54 Å². The standard InChI is InChI=1S/C14H18FNO/c1-10-7-12(11(9-17)8-13(10)15)14(16)5-3-2-4-6-14/h7-9H,2-6,16H2,1H3. The van der Waals surface area contributed by atoms with Crippen molar-refractivity contribution in [3.8, 4) is 0 Å². The molecule has 1 saturated carbocycles. The van der Waals surface area contributed by atoms with Gasteiger partial charge in [0.2, 0.25) is 0 Å². The molecule has 0 unspecified atom stereocenters. The predicted octanol–water partition coefficient (Wildman–Crippen LogP) is 3.06. The molecule has 1 aliphatic rings. The fourth-order valence-electron chi connectivity index (χ4n) is 2.68. The van der Waals surface area contributed by atoms with Crippen molar-refractivity contribution in [3.63, 3.8) is 0 Å². The van der Waals surface area contributed by atoms with E-state index in [4.69, 9.17) is 5.73 Å².